The summed E-state index contributed by atoms with van der Waals surface area (Å²) >= 11 is 0. The van der Waals surface area contributed by atoms with Gasteiger partial charge in [-0.25, -0.2) is 0 Å². The van der Waals surface area contributed by atoms with E-state index < -0.39 is 0 Å². The van der Waals surface area contributed by atoms with Crippen molar-refractivity contribution < 1.29 is 0 Å². The van der Waals surface area contributed by atoms with Crippen molar-refractivity contribution in [3.05, 3.63) is 102 Å². The van der Waals surface area contributed by atoms with Gasteiger partial charge in [0.15, 0.2) is 0 Å². The van der Waals surface area contributed by atoms with Crippen LogP contribution in [0.15, 0.2) is 91.0 Å². The van der Waals surface area contributed by atoms with Gasteiger partial charge in [-0.05, 0) is 22.3 Å². The highest BCUT2D eigenvalue weighted by Gasteiger charge is 1.97. The molecule has 0 radical (unpaired) electrons. The van der Waals surface area contributed by atoms with Crippen molar-refractivity contribution in [3.8, 4) is 11.1 Å². The summed E-state index contributed by atoms with van der Waals surface area (Å²) in [6, 6.07) is 29.6. The van der Waals surface area contributed by atoms with E-state index in [1.54, 1.807) is 0 Å². The highest BCUT2D eigenvalue weighted by Crippen LogP contribution is 2.19. The van der Waals surface area contributed by atoms with Crippen molar-refractivity contribution in [2.45, 2.75) is 6.54 Å². The maximum Gasteiger partial charge on any atom is 0.0208 e. The molecule has 0 aromatic heterocycles. The zero-order valence-corrected chi connectivity index (χ0v) is 13.2. The monoisotopic (exact) mass is 299 g/mol. The third-order valence-electron chi connectivity index (χ3n) is 3.76. The third kappa shape index (κ3) is 4.67. The first-order chi connectivity index (χ1) is 11.4. The average molecular weight is 299 g/mol. The molecule has 0 aliphatic rings. The van der Waals surface area contributed by atoms with Crippen LogP contribution in [0.3, 0.4) is 0 Å². The smallest absolute Gasteiger partial charge is 0.0208 e. The first-order valence-electron chi connectivity index (χ1n) is 7.98. The molecule has 0 spiro atoms. The van der Waals surface area contributed by atoms with Gasteiger partial charge >= 0.3 is 0 Å². The second-order valence-electron chi connectivity index (χ2n) is 5.51. The number of hydrogen-bond acceptors (Lipinski definition) is 1. The second-order valence-corrected chi connectivity index (χ2v) is 5.51. The predicted octanol–water partition coefficient (Wildman–Crippen LogP) is 5.16. The van der Waals surface area contributed by atoms with E-state index in [4.69, 9.17) is 0 Å². The van der Waals surface area contributed by atoms with Crippen LogP contribution in [0, 0.1) is 0 Å². The third-order valence-corrected chi connectivity index (χ3v) is 3.76. The Kier molecular flexibility index (Phi) is 5.38. The second kappa shape index (κ2) is 8.11. The van der Waals surface area contributed by atoms with Gasteiger partial charge < -0.3 is 5.32 Å². The summed E-state index contributed by atoms with van der Waals surface area (Å²) in [4.78, 5) is 0. The van der Waals surface area contributed by atoms with Crippen molar-refractivity contribution in [3.63, 3.8) is 0 Å². The lowest BCUT2D eigenvalue weighted by atomic mass is 10.0. The molecule has 0 saturated carbocycles. The minimum atomic E-state index is 0.870. The molecule has 0 heterocycles. The Morgan fingerprint density at radius 1 is 0.652 bits per heavy atom. The van der Waals surface area contributed by atoms with Crippen molar-refractivity contribution >= 4 is 6.08 Å². The molecule has 0 saturated heterocycles. The van der Waals surface area contributed by atoms with Gasteiger partial charge in [0.2, 0.25) is 0 Å². The number of rotatable bonds is 6. The molecular weight excluding hydrogens is 278 g/mol. The minimum absolute atomic E-state index is 0.870. The fourth-order valence-corrected chi connectivity index (χ4v) is 2.50. The fourth-order valence-electron chi connectivity index (χ4n) is 2.50. The van der Waals surface area contributed by atoms with Crippen LogP contribution >= 0.6 is 0 Å². The molecule has 3 aromatic carbocycles. The molecule has 0 unspecified atom stereocenters. The van der Waals surface area contributed by atoms with Crippen LogP contribution in [0.4, 0.5) is 0 Å². The van der Waals surface area contributed by atoms with Crippen molar-refractivity contribution in [1.82, 2.24) is 5.32 Å². The van der Waals surface area contributed by atoms with Crippen LogP contribution in [0.25, 0.3) is 17.2 Å². The predicted molar refractivity (Wildman–Crippen MR) is 99.1 cm³/mol. The number of nitrogens with one attached hydrogen (secondary N) is 1. The Labute approximate surface area is 138 Å². The van der Waals surface area contributed by atoms with Crippen molar-refractivity contribution in [2.24, 2.45) is 0 Å². The molecule has 0 fully saturated rings. The van der Waals surface area contributed by atoms with E-state index in [2.05, 4.69) is 90.3 Å². The van der Waals surface area contributed by atoms with Crippen molar-refractivity contribution in [2.75, 3.05) is 6.54 Å². The van der Waals surface area contributed by atoms with Gasteiger partial charge in [0.05, 0.1) is 0 Å². The maximum absolute atomic E-state index is 3.44. The molecule has 114 valence electrons. The molecule has 23 heavy (non-hydrogen) atoms. The SMILES string of the molecule is C(=C\c1ccccc1)/CNCc1ccc(-c2ccccc2)cc1. The van der Waals surface area contributed by atoms with Gasteiger partial charge in [-0.15, -0.1) is 0 Å². The van der Waals surface area contributed by atoms with E-state index in [-0.39, 0.29) is 0 Å². The molecule has 1 heteroatoms. The molecule has 3 aromatic rings. The quantitative estimate of drug-likeness (QED) is 0.620. The van der Waals surface area contributed by atoms with Gasteiger partial charge in [0.25, 0.3) is 0 Å². The molecule has 3 rings (SSSR count). The van der Waals surface area contributed by atoms with Crippen LogP contribution < -0.4 is 5.32 Å². The Balaban J connectivity index is 1.48. The molecule has 0 amide bonds. The Morgan fingerprint density at radius 2 is 1.26 bits per heavy atom. The van der Waals surface area contributed by atoms with Crippen LogP contribution in [0.2, 0.25) is 0 Å². The Bertz CT molecular complexity index is 728. The topological polar surface area (TPSA) is 12.0 Å². The van der Waals surface area contributed by atoms with E-state index in [0.717, 1.165) is 13.1 Å². The summed E-state index contributed by atoms with van der Waals surface area (Å²) in [6.45, 7) is 1.75. The van der Waals surface area contributed by atoms with Crippen molar-refractivity contribution in [1.29, 1.82) is 0 Å². The van der Waals surface area contributed by atoms with Crippen LogP contribution in [-0.2, 0) is 6.54 Å². The van der Waals surface area contributed by atoms with E-state index in [9.17, 15) is 0 Å². The molecule has 0 aliphatic heterocycles. The van der Waals surface area contributed by atoms with E-state index in [1.165, 1.54) is 22.3 Å². The molecule has 1 N–H and O–H groups in total. The summed E-state index contributed by atoms with van der Waals surface area (Å²) < 4.78 is 0. The molecule has 0 bridgehead atoms. The zero-order chi connectivity index (χ0) is 15.7. The summed E-state index contributed by atoms with van der Waals surface area (Å²) in [6.07, 6.45) is 4.30. The zero-order valence-electron chi connectivity index (χ0n) is 13.2. The number of hydrogen-bond donors (Lipinski definition) is 1. The van der Waals surface area contributed by atoms with E-state index >= 15 is 0 Å². The first-order valence-corrected chi connectivity index (χ1v) is 7.98. The molecular formula is C22H21N. The largest absolute Gasteiger partial charge is 0.309 e. The van der Waals surface area contributed by atoms with Crippen LogP contribution in [0.1, 0.15) is 11.1 Å². The summed E-state index contributed by atoms with van der Waals surface area (Å²) in [7, 11) is 0. The lowest BCUT2D eigenvalue weighted by Crippen LogP contribution is -2.12. The van der Waals surface area contributed by atoms with Crippen LogP contribution in [0.5, 0.6) is 0 Å². The Hall–Kier alpha value is -2.64. The van der Waals surface area contributed by atoms with Gasteiger partial charge in [0, 0.05) is 13.1 Å². The molecule has 0 aliphatic carbocycles. The summed E-state index contributed by atoms with van der Waals surface area (Å²) in [5.74, 6) is 0. The minimum Gasteiger partial charge on any atom is -0.309 e. The maximum atomic E-state index is 3.44. The highest BCUT2D eigenvalue weighted by molar-refractivity contribution is 5.63. The summed E-state index contributed by atoms with van der Waals surface area (Å²) in [5.41, 5.74) is 5.07. The standard InChI is InChI=1S/C22H21N/c1-3-8-19(9-4-1)10-7-17-23-18-20-13-15-22(16-14-20)21-11-5-2-6-12-21/h1-16,23H,17-18H2/b10-7+. The van der Waals surface area contributed by atoms with Gasteiger partial charge in [-0.1, -0.05) is 97.1 Å². The van der Waals surface area contributed by atoms with Gasteiger partial charge in [-0.2, -0.15) is 0 Å². The summed E-state index contributed by atoms with van der Waals surface area (Å²) in [5, 5.41) is 3.44. The Morgan fingerprint density at radius 3 is 1.96 bits per heavy atom. The lowest BCUT2D eigenvalue weighted by molar-refractivity contribution is 0.761. The fraction of sp³-hybridized carbons (Fsp3) is 0.0909. The lowest BCUT2D eigenvalue weighted by Gasteiger charge is -2.05. The van der Waals surface area contributed by atoms with E-state index in [0.29, 0.717) is 0 Å². The average Bonchev–Trinajstić information content (AvgIpc) is 2.64. The number of benzene rings is 3. The van der Waals surface area contributed by atoms with Crippen LogP contribution in [-0.4, -0.2) is 6.54 Å². The molecule has 1 nitrogen and oxygen atoms in total. The molecule has 0 atom stereocenters. The van der Waals surface area contributed by atoms with Gasteiger partial charge in [0.1, 0.15) is 0 Å². The van der Waals surface area contributed by atoms with E-state index in [1.807, 2.05) is 12.1 Å². The highest BCUT2D eigenvalue weighted by atomic mass is 14.8. The van der Waals surface area contributed by atoms with Gasteiger partial charge in [-0.3, -0.25) is 0 Å². The first kappa shape index (κ1) is 15.3. The normalized spacial score (nSPS) is 11.0.